The van der Waals surface area contributed by atoms with E-state index in [1.807, 2.05) is 6.07 Å². The van der Waals surface area contributed by atoms with E-state index in [0.717, 1.165) is 37.4 Å². The average molecular weight is 358 g/mol. The second-order valence-electron chi connectivity index (χ2n) is 6.82. The third-order valence-electron chi connectivity index (χ3n) is 5.28. The molecule has 3 heterocycles. The Morgan fingerprint density at radius 1 is 1.15 bits per heavy atom. The van der Waals surface area contributed by atoms with Gasteiger partial charge in [0, 0.05) is 44.7 Å². The number of ether oxygens (including phenoxy) is 1. The van der Waals surface area contributed by atoms with Crippen LogP contribution >= 0.6 is 0 Å². The zero-order valence-electron chi connectivity index (χ0n) is 14.7. The van der Waals surface area contributed by atoms with Gasteiger partial charge in [-0.3, -0.25) is 19.7 Å². The highest BCUT2D eigenvalue weighted by Gasteiger charge is 2.39. The van der Waals surface area contributed by atoms with E-state index in [0.29, 0.717) is 24.3 Å². The van der Waals surface area contributed by atoms with E-state index in [4.69, 9.17) is 4.74 Å². The van der Waals surface area contributed by atoms with Crippen molar-refractivity contribution in [1.29, 1.82) is 0 Å². The lowest BCUT2D eigenvalue weighted by Gasteiger charge is -2.31. The molecule has 3 aliphatic rings. The Balaban J connectivity index is 1.63. The lowest BCUT2D eigenvalue weighted by Crippen LogP contribution is -2.52. The van der Waals surface area contributed by atoms with Gasteiger partial charge in [-0.05, 0) is 24.1 Å². The van der Waals surface area contributed by atoms with Gasteiger partial charge in [-0.15, -0.1) is 0 Å². The van der Waals surface area contributed by atoms with Gasteiger partial charge in [0.1, 0.15) is 11.8 Å². The second kappa shape index (κ2) is 6.60. The fraction of sp³-hybridized carbons (Fsp3) is 0.500. The number of fused-ring (bicyclic) bond motifs is 1. The number of imide groups is 1. The first-order valence-corrected chi connectivity index (χ1v) is 8.89. The topological polar surface area (TPSA) is 91.0 Å². The van der Waals surface area contributed by atoms with Crippen molar-refractivity contribution in [2.24, 2.45) is 0 Å². The summed E-state index contributed by atoms with van der Waals surface area (Å²) in [4.78, 5) is 40.2. The molecule has 8 heteroatoms. The molecule has 2 saturated heterocycles. The van der Waals surface area contributed by atoms with Crippen LogP contribution in [0.2, 0.25) is 0 Å². The summed E-state index contributed by atoms with van der Waals surface area (Å²) in [6.07, 6.45) is 0.623. The van der Waals surface area contributed by atoms with Gasteiger partial charge < -0.3 is 19.9 Å². The number of hydrogen-bond donors (Lipinski definition) is 2. The van der Waals surface area contributed by atoms with Gasteiger partial charge in [-0.1, -0.05) is 0 Å². The van der Waals surface area contributed by atoms with Crippen molar-refractivity contribution in [2.45, 2.75) is 25.4 Å². The largest absolute Gasteiger partial charge is 0.495 e. The number of amides is 3. The van der Waals surface area contributed by atoms with Gasteiger partial charge >= 0.3 is 0 Å². The molecule has 8 nitrogen and oxygen atoms in total. The third-order valence-corrected chi connectivity index (χ3v) is 5.28. The van der Waals surface area contributed by atoms with Crippen molar-refractivity contribution in [2.75, 3.05) is 38.2 Å². The van der Waals surface area contributed by atoms with E-state index in [9.17, 15) is 14.4 Å². The standard InChI is InChI=1S/C18H22N4O4/c1-26-15-9-12-11(8-14(15)21-6-4-19-5-7-21)10-22(18(12)25)13-2-3-16(23)20-17(13)24/h8-9,13,19H,2-7,10H2,1H3,(H,20,23,24). The van der Waals surface area contributed by atoms with Gasteiger partial charge in [-0.2, -0.15) is 0 Å². The molecule has 1 aromatic rings. The van der Waals surface area contributed by atoms with Crippen LogP contribution in [0.1, 0.15) is 28.8 Å². The van der Waals surface area contributed by atoms with Crippen LogP contribution < -0.4 is 20.3 Å². The van der Waals surface area contributed by atoms with Crippen molar-refractivity contribution >= 4 is 23.4 Å². The van der Waals surface area contributed by atoms with Gasteiger partial charge in [0.05, 0.1) is 12.8 Å². The molecule has 0 radical (unpaired) electrons. The number of carbonyl (C=O) groups excluding carboxylic acids is 3. The molecule has 0 aromatic heterocycles. The van der Waals surface area contributed by atoms with Crippen LogP contribution in [-0.2, 0) is 16.1 Å². The Morgan fingerprint density at radius 3 is 2.62 bits per heavy atom. The maximum absolute atomic E-state index is 12.9. The van der Waals surface area contributed by atoms with Crippen LogP contribution in [0, 0.1) is 0 Å². The van der Waals surface area contributed by atoms with Gasteiger partial charge in [0.2, 0.25) is 11.8 Å². The number of nitrogens with one attached hydrogen (secondary N) is 2. The first-order valence-electron chi connectivity index (χ1n) is 8.89. The normalized spacial score (nSPS) is 23.1. The number of carbonyl (C=O) groups is 3. The van der Waals surface area contributed by atoms with Crippen molar-refractivity contribution in [3.05, 3.63) is 23.3 Å². The zero-order valence-corrected chi connectivity index (χ0v) is 14.7. The summed E-state index contributed by atoms with van der Waals surface area (Å²) < 4.78 is 5.53. The molecule has 0 spiro atoms. The van der Waals surface area contributed by atoms with Crippen LogP contribution in [0.5, 0.6) is 5.75 Å². The molecule has 138 valence electrons. The van der Waals surface area contributed by atoms with Gasteiger partial charge in [0.25, 0.3) is 5.91 Å². The Labute approximate surface area is 151 Å². The molecule has 3 amide bonds. The molecular weight excluding hydrogens is 336 g/mol. The molecule has 0 bridgehead atoms. The highest BCUT2D eigenvalue weighted by Crippen LogP contribution is 2.37. The lowest BCUT2D eigenvalue weighted by molar-refractivity contribution is -0.136. The summed E-state index contributed by atoms with van der Waals surface area (Å²) in [5, 5.41) is 5.65. The number of benzene rings is 1. The number of piperidine rings is 1. The molecule has 1 unspecified atom stereocenters. The van der Waals surface area contributed by atoms with Gasteiger partial charge in [0.15, 0.2) is 0 Å². The second-order valence-corrected chi connectivity index (χ2v) is 6.82. The molecule has 0 saturated carbocycles. The highest BCUT2D eigenvalue weighted by molar-refractivity contribution is 6.05. The molecule has 2 fully saturated rings. The first-order chi connectivity index (χ1) is 12.6. The Bertz CT molecular complexity index is 773. The number of methoxy groups -OCH3 is 1. The summed E-state index contributed by atoms with van der Waals surface area (Å²) in [5.74, 6) is -0.182. The third kappa shape index (κ3) is 2.80. The minimum absolute atomic E-state index is 0.181. The molecule has 0 aliphatic carbocycles. The van der Waals surface area contributed by atoms with Crippen LogP contribution in [0.15, 0.2) is 12.1 Å². The Kier molecular flexibility index (Phi) is 4.28. The molecule has 2 N–H and O–H groups in total. The van der Waals surface area contributed by atoms with Crippen molar-refractivity contribution < 1.29 is 19.1 Å². The number of rotatable bonds is 3. The lowest BCUT2D eigenvalue weighted by atomic mass is 10.0. The predicted octanol–water partition coefficient (Wildman–Crippen LogP) is -0.134. The zero-order chi connectivity index (χ0) is 18.3. The molecule has 4 rings (SSSR count). The van der Waals surface area contributed by atoms with Crippen LogP contribution in [0.4, 0.5) is 5.69 Å². The monoisotopic (exact) mass is 358 g/mol. The minimum Gasteiger partial charge on any atom is -0.495 e. The summed E-state index contributed by atoms with van der Waals surface area (Å²) in [6.45, 7) is 3.94. The average Bonchev–Trinajstić information content (AvgIpc) is 2.97. The maximum Gasteiger partial charge on any atom is 0.255 e. The van der Waals surface area contributed by atoms with E-state index < -0.39 is 11.9 Å². The minimum atomic E-state index is -0.596. The van der Waals surface area contributed by atoms with Crippen LogP contribution in [0.3, 0.4) is 0 Å². The molecule has 3 aliphatic heterocycles. The fourth-order valence-electron chi connectivity index (χ4n) is 3.90. The first kappa shape index (κ1) is 16.8. The van der Waals surface area contributed by atoms with E-state index >= 15 is 0 Å². The summed E-state index contributed by atoms with van der Waals surface area (Å²) in [7, 11) is 1.60. The van der Waals surface area contributed by atoms with Crippen molar-refractivity contribution in [3.8, 4) is 5.75 Å². The number of anilines is 1. The Morgan fingerprint density at radius 2 is 1.92 bits per heavy atom. The number of hydrogen-bond acceptors (Lipinski definition) is 6. The number of piperazine rings is 1. The van der Waals surface area contributed by atoms with E-state index in [2.05, 4.69) is 15.5 Å². The fourth-order valence-corrected chi connectivity index (χ4v) is 3.90. The summed E-state index contributed by atoms with van der Waals surface area (Å²) >= 11 is 0. The highest BCUT2D eigenvalue weighted by atomic mass is 16.5. The van der Waals surface area contributed by atoms with E-state index in [-0.39, 0.29) is 18.2 Å². The maximum atomic E-state index is 12.9. The molecule has 1 atom stereocenters. The van der Waals surface area contributed by atoms with Crippen LogP contribution in [0.25, 0.3) is 0 Å². The Hall–Kier alpha value is -2.61. The molecular formula is C18H22N4O4. The summed E-state index contributed by atoms with van der Waals surface area (Å²) in [6, 6.07) is 3.19. The smallest absolute Gasteiger partial charge is 0.255 e. The molecule has 1 aromatic carbocycles. The van der Waals surface area contributed by atoms with E-state index in [1.54, 1.807) is 18.1 Å². The van der Waals surface area contributed by atoms with Crippen molar-refractivity contribution in [3.63, 3.8) is 0 Å². The van der Waals surface area contributed by atoms with Crippen molar-refractivity contribution in [1.82, 2.24) is 15.5 Å². The summed E-state index contributed by atoms with van der Waals surface area (Å²) in [5.41, 5.74) is 2.45. The predicted molar refractivity (Wildman–Crippen MR) is 94.1 cm³/mol. The quantitative estimate of drug-likeness (QED) is 0.732. The molecule has 26 heavy (non-hydrogen) atoms. The number of nitrogens with zero attached hydrogens (tertiary/aromatic N) is 2. The van der Waals surface area contributed by atoms with Crippen LogP contribution in [-0.4, -0.2) is 62.0 Å². The van der Waals surface area contributed by atoms with Gasteiger partial charge in [-0.25, -0.2) is 0 Å². The SMILES string of the molecule is COc1cc2c(cc1N1CCNCC1)CN(C1CCC(=O)NC1=O)C2=O. The van der Waals surface area contributed by atoms with E-state index in [1.165, 1.54) is 0 Å².